The monoisotopic (exact) mass is 503 g/mol. The van der Waals surface area contributed by atoms with Crippen LogP contribution in [0.4, 0.5) is 29.2 Å². The van der Waals surface area contributed by atoms with Crippen molar-refractivity contribution in [2.75, 3.05) is 5.32 Å². The molecule has 2 aromatic carbocycles. The lowest BCUT2D eigenvalue weighted by Crippen LogP contribution is -2.06. The van der Waals surface area contributed by atoms with Crippen molar-refractivity contribution in [1.29, 1.82) is 0 Å². The minimum absolute atomic E-state index is 0.00983. The Labute approximate surface area is 200 Å². The van der Waals surface area contributed by atoms with Crippen LogP contribution in [-0.2, 0) is 11.0 Å². The van der Waals surface area contributed by atoms with Crippen molar-refractivity contribution in [1.82, 2.24) is 19.5 Å². The van der Waals surface area contributed by atoms with E-state index in [0.717, 1.165) is 29.2 Å². The van der Waals surface area contributed by atoms with Crippen LogP contribution in [0.25, 0.3) is 23.0 Å². The van der Waals surface area contributed by atoms with Gasteiger partial charge in [0.2, 0.25) is 5.95 Å². The first kappa shape index (κ1) is 23.9. The summed E-state index contributed by atoms with van der Waals surface area (Å²) in [4.78, 5) is 22.8. The number of hydrogen-bond donors (Lipinski definition) is 2. The van der Waals surface area contributed by atoms with Crippen LogP contribution >= 0.6 is 11.6 Å². The number of hydrogen-bond acceptors (Lipinski definition) is 5. The third-order valence-corrected chi connectivity index (χ3v) is 4.97. The molecule has 4 aromatic rings. The van der Waals surface area contributed by atoms with Gasteiger partial charge in [-0.05, 0) is 41.5 Å². The topological polar surface area (TPSA) is 92.9 Å². The highest BCUT2D eigenvalue weighted by Gasteiger charge is 2.34. The fourth-order valence-electron chi connectivity index (χ4n) is 3.10. The number of carboxylic acid groups (broad SMARTS) is 1. The molecule has 2 heterocycles. The highest BCUT2D eigenvalue weighted by atomic mass is 35.5. The molecule has 0 spiro atoms. The second kappa shape index (κ2) is 9.55. The molecule has 0 unspecified atom stereocenters. The molecular formula is C23H14ClF4N5O2. The van der Waals surface area contributed by atoms with Gasteiger partial charge in [0.05, 0.1) is 5.02 Å². The number of aliphatic carboxylic acids is 1. The van der Waals surface area contributed by atoms with E-state index in [1.807, 2.05) is 0 Å². The maximum atomic E-state index is 13.5. The number of halogens is 5. The molecule has 0 bridgehead atoms. The Bertz CT molecular complexity index is 1440. The maximum absolute atomic E-state index is 13.5. The van der Waals surface area contributed by atoms with E-state index in [2.05, 4.69) is 20.3 Å². The van der Waals surface area contributed by atoms with Crippen LogP contribution in [0.15, 0.2) is 67.3 Å². The standard InChI is InChI=1S/C23H14ClF4N5O2/c24-17-9-15(5-6-18(17)25)31-22-29-10-16(14-3-1-2-13(8-14)4-7-20(34)35)21(32-22)33-11-19(30-12-33)23(26,27)28/h1-12H,(H,34,35)(H,29,31,32)/b7-4+. The van der Waals surface area contributed by atoms with E-state index in [-0.39, 0.29) is 16.8 Å². The molecule has 0 saturated heterocycles. The number of nitrogens with one attached hydrogen (secondary N) is 1. The quantitative estimate of drug-likeness (QED) is 0.248. The lowest BCUT2D eigenvalue weighted by atomic mass is 10.0. The average Bonchev–Trinajstić information content (AvgIpc) is 3.31. The summed E-state index contributed by atoms with van der Waals surface area (Å²) in [5.41, 5.74) is 0.661. The van der Waals surface area contributed by atoms with Crippen molar-refractivity contribution in [2.24, 2.45) is 0 Å². The van der Waals surface area contributed by atoms with Crippen LogP contribution in [0.5, 0.6) is 0 Å². The lowest BCUT2D eigenvalue weighted by molar-refractivity contribution is -0.141. The van der Waals surface area contributed by atoms with Gasteiger partial charge in [-0.2, -0.15) is 18.2 Å². The van der Waals surface area contributed by atoms with Gasteiger partial charge in [-0.25, -0.2) is 19.2 Å². The second-order valence-corrected chi connectivity index (χ2v) is 7.55. The average molecular weight is 504 g/mol. The number of carboxylic acids is 1. The molecule has 0 aliphatic rings. The normalized spacial score (nSPS) is 11.7. The summed E-state index contributed by atoms with van der Waals surface area (Å²) in [6.45, 7) is 0. The minimum atomic E-state index is -4.66. The molecule has 0 aliphatic heterocycles. The van der Waals surface area contributed by atoms with Crippen molar-refractivity contribution in [3.8, 4) is 16.9 Å². The molecule has 0 amide bonds. The van der Waals surface area contributed by atoms with Gasteiger partial charge in [-0.3, -0.25) is 4.57 Å². The molecule has 12 heteroatoms. The third kappa shape index (κ3) is 5.64. The molecule has 35 heavy (non-hydrogen) atoms. The number of aromatic nitrogens is 4. The lowest BCUT2D eigenvalue weighted by Gasteiger charge is -2.13. The van der Waals surface area contributed by atoms with Gasteiger partial charge in [0.15, 0.2) is 11.5 Å². The molecule has 178 valence electrons. The molecule has 0 atom stereocenters. The molecule has 4 rings (SSSR count). The number of alkyl halides is 3. The number of imidazole rings is 1. The zero-order chi connectivity index (χ0) is 25.2. The number of nitrogens with zero attached hydrogens (tertiary/aromatic N) is 4. The predicted molar refractivity (Wildman–Crippen MR) is 121 cm³/mol. The summed E-state index contributed by atoms with van der Waals surface area (Å²) in [6.07, 6.45) is 0.831. The smallest absolute Gasteiger partial charge is 0.434 e. The molecule has 2 N–H and O–H groups in total. The summed E-state index contributed by atoms with van der Waals surface area (Å²) in [5.74, 6) is -1.67. The van der Waals surface area contributed by atoms with Crippen LogP contribution < -0.4 is 5.32 Å². The summed E-state index contributed by atoms with van der Waals surface area (Å²) in [6, 6.07) is 10.5. The fourth-order valence-corrected chi connectivity index (χ4v) is 3.28. The molecule has 0 fully saturated rings. The first-order valence-electron chi connectivity index (χ1n) is 9.82. The summed E-state index contributed by atoms with van der Waals surface area (Å²) in [7, 11) is 0. The number of carbonyl (C=O) groups is 1. The van der Waals surface area contributed by atoms with Crippen molar-refractivity contribution in [3.63, 3.8) is 0 Å². The van der Waals surface area contributed by atoms with Gasteiger partial charge in [-0.15, -0.1) is 0 Å². The second-order valence-electron chi connectivity index (χ2n) is 7.15. The van der Waals surface area contributed by atoms with Gasteiger partial charge >= 0.3 is 12.1 Å². The maximum Gasteiger partial charge on any atom is 0.434 e. The molecule has 2 aromatic heterocycles. The predicted octanol–water partition coefficient (Wildman–Crippen LogP) is 5.98. The molecule has 0 radical (unpaired) electrons. The van der Waals surface area contributed by atoms with E-state index in [9.17, 15) is 22.4 Å². The van der Waals surface area contributed by atoms with Crippen molar-refractivity contribution in [3.05, 3.63) is 89.4 Å². The van der Waals surface area contributed by atoms with Crippen molar-refractivity contribution >= 4 is 35.3 Å². The van der Waals surface area contributed by atoms with Crippen LogP contribution in [0.2, 0.25) is 5.02 Å². The molecule has 0 aliphatic carbocycles. The van der Waals surface area contributed by atoms with Gasteiger partial charge in [-0.1, -0.05) is 29.8 Å². The van der Waals surface area contributed by atoms with Gasteiger partial charge < -0.3 is 10.4 Å². The molecule has 0 saturated carbocycles. The Hall–Kier alpha value is -4.25. The van der Waals surface area contributed by atoms with Gasteiger partial charge in [0.25, 0.3) is 0 Å². The SMILES string of the molecule is O=C(O)/C=C/c1cccc(-c2cnc(Nc3ccc(F)c(Cl)c3)nc2-n2cnc(C(F)(F)F)c2)c1. The third-order valence-electron chi connectivity index (χ3n) is 4.68. The molecular weight excluding hydrogens is 490 g/mol. The minimum Gasteiger partial charge on any atom is -0.478 e. The highest BCUT2D eigenvalue weighted by Crippen LogP contribution is 2.31. The molecule has 7 nitrogen and oxygen atoms in total. The van der Waals surface area contributed by atoms with E-state index in [4.69, 9.17) is 16.7 Å². The van der Waals surface area contributed by atoms with Crippen LogP contribution in [-0.4, -0.2) is 30.6 Å². The van der Waals surface area contributed by atoms with E-state index < -0.39 is 23.7 Å². The highest BCUT2D eigenvalue weighted by molar-refractivity contribution is 6.31. The van der Waals surface area contributed by atoms with Gasteiger partial charge in [0, 0.05) is 29.7 Å². The Morgan fingerprint density at radius 1 is 1.14 bits per heavy atom. The number of anilines is 2. The number of rotatable bonds is 6. The Morgan fingerprint density at radius 3 is 2.63 bits per heavy atom. The first-order valence-corrected chi connectivity index (χ1v) is 10.2. The largest absolute Gasteiger partial charge is 0.478 e. The van der Waals surface area contributed by atoms with E-state index >= 15 is 0 Å². The van der Waals surface area contributed by atoms with E-state index in [1.165, 1.54) is 24.4 Å². The Balaban J connectivity index is 1.80. The van der Waals surface area contributed by atoms with Crippen LogP contribution in [0, 0.1) is 5.82 Å². The zero-order valence-electron chi connectivity index (χ0n) is 17.5. The summed E-state index contributed by atoms with van der Waals surface area (Å²) < 4.78 is 54.0. The van der Waals surface area contributed by atoms with Gasteiger partial charge in [0.1, 0.15) is 12.1 Å². The summed E-state index contributed by atoms with van der Waals surface area (Å²) >= 11 is 5.80. The van der Waals surface area contributed by atoms with Crippen molar-refractivity contribution in [2.45, 2.75) is 6.18 Å². The Morgan fingerprint density at radius 2 is 1.94 bits per heavy atom. The van der Waals surface area contributed by atoms with E-state index in [1.54, 1.807) is 24.3 Å². The zero-order valence-corrected chi connectivity index (χ0v) is 18.2. The van der Waals surface area contributed by atoms with Crippen LogP contribution in [0.1, 0.15) is 11.3 Å². The summed E-state index contributed by atoms with van der Waals surface area (Å²) in [5, 5.41) is 11.6. The van der Waals surface area contributed by atoms with Crippen molar-refractivity contribution < 1.29 is 27.5 Å². The first-order chi connectivity index (χ1) is 16.6. The Kier molecular flexibility index (Phi) is 6.52. The van der Waals surface area contributed by atoms with E-state index in [0.29, 0.717) is 22.4 Å². The van der Waals surface area contributed by atoms with Crippen LogP contribution in [0.3, 0.4) is 0 Å². The fraction of sp³-hybridized carbons (Fsp3) is 0.0435. The number of benzene rings is 2.